The number of nitrogens with zero attached hydrogens (tertiary/aromatic N) is 1. The minimum Gasteiger partial charge on any atom is -0.480 e. The van der Waals surface area contributed by atoms with Gasteiger partial charge < -0.3 is 10.4 Å². The molecule has 1 rings (SSSR count). The normalized spacial score (nSPS) is 12.2. The van der Waals surface area contributed by atoms with Crippen molar-refractivity contribution in [3.8, 4) is 0 Å². The molecule has 0 fully saturated rings. The van der Waals surface area contributed by atoms with Crippen molar-refractivity contribution < 1.29 is 14.7 Å². The topological polar surface area (TPSA) is 79.3 Å². The van der Waals surface area contributed by atoms with Crippen LogP contribution in [0, 0.1) is 12.8 Å². The van der Waals surface area contributed by atoms with E-state index in [1.54, 1.807) is 25.1 Å². The fraction of sp³-hybridized carbons (Fsp3) is 0.462. The Morgan fingerprint density at radius 1 is 1.39 bits per heavy atom. The van der Waals surface area contributed by atoms with Gasteiger partial charge in [0.25, 0.3) is 5.91 Å². The number of carbonyl (C=O) groups excluding carboxylic acids is 1. The number of hydrogen-bond donors (Lipinski definition) is 2. The molecular formula is C13H18N2O3. The second-order valence-corrected chi connectivity index (χ2v) is 4.66. The fourth-order valence-corrected chi connectivity index (χ4v) is 1.59. The van der Waals surface area contributed by atoms with E-state index < -0.39 is 17.9 Å². The van der Waals surface area contributed by atoms with Gasteiger partial charge in [-0.05, 0) is 31.4 Å². The van der Waals surface area contributed by atoms with Gasteiger partial charge in [0.1, 0.15) is 11.7 Å². The van der Waals surface area contributed by atoms with Crippen LogP contribution in [0.4, 0.5) is 0 Å². The quantitative estimate of drug-likeness (QED) is 0.832. The Hall–Kier alpha value is -1.91. The molecule has 2 N–H and O–H groups in total. The van der Waals surface area contributed by atoms with Crippen LogP contribution in [0.1, 0.15) is 36.5 Å². The Morgan fingerprint density at radius 2 is 2.06 bits per heavy atom. The van der Waals surface area contributed by atoms with E-state index in [1.807, 2.05) is 13.8 Å². The number of hydrogen-bond acceptors (Lipinski definition) is 3. The van der Waals surface area contributed by atoms with E-state index in [-0.39, 0.29) is 11.6 Å². The Labute approximate surface area is 106 Å². The van der Waals surface area contributed by atoms with E-state index in [9.17, 15) is 9.59 Å². The number of rotatable bonds is 5. The number of aryl methyl sites for hydroxylation is 1. The van der Waals surface area contributed by atoms with E-state index in [1.165, 1.54) is 0 Å². The Bertz CT molecular complexity index is 444. The number of amides is 1. The lowest BCUT2D eigenvalue weighted by molar-refractivity contribution is -0.139. The maximum absolute atomic E-state index is 11.9. The van der Waals surface area contributed by atoms with Crippen LogP contribution >= 0.6 is 0 Å². The van der Waals surface area contributed by atoms with E-state index in [4.69, 9.17) is 5.11 Å². The molecule has 1 heterocycles. The average molecular weight is 250 g/mol. The summed E-state index contributed by atoms with van der Waals surface area (Å²) < 4.78 is 0. The number of aromatic nitrogens is 1. The second kappa shape index (κ2) is 6.14. The van der Waals surface area contributed by atoms with Gasteiger partial charge in [0.2, 0.25) is 0 Å². The van der Waals surface area contributed by atoms with Crippen molar-refractivity contribution in [2.24, 2.45) is 5.92 Å². The molecule has 0 bridgehead atoms. The lowest BCUT2D eigenvalue weighted by atomic mass is 10.0. The van der Waals surface area contributed by atoms with Crippen LogP contribution in [0.3, 0.4) is 0 Å². The number of pyridine rings is 1. The van der Waals surface area contributed by atoms with Gasteiger partial charge in [0.15, 0.2) is 0 Å². The summed E-state index contributed by atoms with van der Waals surface area (Å²) in [4.78, 5) is 26.9. The average Bonchev–Trinajstić information content (AvgIpc) is 2.27. The third kappa shape index (κ3) is 4.16. The molecule has 1 atom stereocenters. The predicted molar refractivity (Wildman–Crippen MR) is 67.3 cm³/mol. The monoisotopic (exact) mass is 250 g/mol. The van der Waals surface area contributed by atoms with Gasteiger partial charge in [-0.25, -0.2) is 9.78 Å². The second-order valence-electron chi connectivity index (χ2n) is 4.66. The predicted octanol–water partition coefficient (Wildman–Crippen LogP) is 1.62. The maximum atomic E-state index is 11.9. The van der Waals surface area contributed by atoms with Crippen LogP contribution in [0.5, 0.6) is 0 Å². The third-order valence-corrected chi connectivity index (χ3v) is 2.43. The number of carbonyl (C=O) groups is 2. The molecule has 0 aliphatic carbocycles. The number of aliphatic carboxylic acids is 1. The highest BCUT2D eigenvalue weighted by atomic mass is 16.4. The molecule has 5 nitrogen and oxygen atoms in total. The van der Waals surface area contributed by atoms with Gasteiger partial charge in [0.05, 0.1) is 0 Å². The van der Waals surface area contributed by atoms with Gasteiger partial charge in [-0.1, -0.05) is 19.9 Å². The molecule has 18 heavy (non-hydrogen) atoms. The van der Waals surface area contributed by atoms with Gasteiger partial charge in [-0.15, -0.1) is 0 Å². The summed E-state index contributed by atoms with van der Waals surface area (Å²) in [6, 6.07) is 4.19. The van der Waals surface area contributed by atoms with Crippen molar-refractivity contribution in [3.63, 3.8) is 0 Å². The maximum Gasteiger partial charge on any atom is 0.326 e. The lowest BCUT2D eigenvalue weighted by Crippen LogP contribution is -2.41. The first-order valence-corrected chi connectivity index (χ1v) is 5.87. The minimum absolute atomic E-state index is 0.192. The fourth-order valence-electron chi connectivity index (χ4n) is 1.59. The van der Waals surface area contributed by atoms with Crippen LogP contribution in [0.15, 0.2) is 18.2 Å². The zero-order valence-electron chi connectivity index (χ0n) is 10.8. The Morgan fingerprint density at radius 3 is 2.56 bits per heavy atom. The molecule has 1 aromatic heterocycles. The third-order valence-electron chi connectivity index (χ3n) is 2.43. The molecular weight excluding hydrogens is 232 g/mol. The summed E-state index contributed by atoms with van der Waals surface area (Å²) in [6.45, 7) is 5.60. The van der Waals surface area contributed by atoms with E-state index >= 15 is 0 Å². The number of nitrogens with one attached hydrogen (secondary N) is 1. The highest BCUT2D eigenvalue weighted by Gasteiger charge is 2.22. The highest BCUT2D eigenvalue weighted by Crippen LogP contribution is 2.06. The van der Waals surface area contributed by atoms with Crippen molar-refractivity contribution >= 4 is 11.9 Å². The van der Waals surface area contributed by atoms with E-state index in [2.05, 4.69) is 10.3 Å². The Kier molecular flexibility index (Phi) is 4.83. The van der Waals surface area contributed by atoms with Gasteiger partial charge >= 0.3 is 5.97 Å². The van der Waals surface area contributed by atoms with Gasteiger partial charge in [-0.3, -0.25) is 4.79 Å². The van der Waals surface area contributed by atoms with Crippen LogP contribution in [-0.4, -0.2) is 28.0 Å². The minimum atomic E-state index is -1.02. The molecule has 98 valence electrons. The molecule has 0 spiro atoms. The standard InChI is InChI=1S/C13H18N2O3/c1-8(2)7-11(13(17)18)15-12(16)10-6-4-5-9(3)14-10/h4-6,8,11H,7H2,1-3H3,(H,15,16)(H,17,18)/t11-/m1/s1. The van der Waals surface area contributed by atoms with Crippen LogP contribution in [-0.2, 0) is 4.79 Å². The molecule has 0 aliphatic heterocycles. The van der Waals surface area contributed by atoms with Crippen LogP contribution < -0.4 is 5.32 Å². The number of carboxylic acids is 1. The van der Waals surface area contributed by atoms with Crippen molar-refractivity contribution in [1.82, 2.24) is 10.3 Å². The molecule has 1 amide bonds. The highest BCUT2D eigenvalue weighted by molar-refractivity contribution is 5.94. The summed E-state index contributed by atoms with van der Waals surface area (Å²) in [5.41, 5.74) is 0.961. The molecule has 0 aromatic carbocycles. The van der Waals surface area contributed by atoms with Gasteiger partial charge in [-0.2, -0.15) is 0 Å². The molecule has 0 unspecified atom stereocenters. The molecule has 5 heteroatoms. The Balaban J connectivity index is 2.75. The van der Waals surface area contributed by atoms with E-state index in [0.29, 0.717) is 6.42 Å². The summed E-state index contributed by atoms with van der Waals surface area (Å²) in [6.07, 6.45) is 0.396. The zero-order valence-corrected chi connectivity index (χ0v) is 10.8. The zero-order chi connectivity index (χ0) is 13.7. The van der Waals surface area contributed by atoms with Crippen LogP contribution in [0.25, 0.3) is 0 Å². The first kappa shape index (κ1) is 14.2. The summed E-state index contributed by atoms with van der Waals surface area (Å²) in [7, 11) is 0. The van der Waals surface area contributed by atoms with Crippen molar-refractivity contribution in [1.29, 1.82) is 0 Å². The largest absolute Gasteiger partial charge is 0.480 e. The lowest BCUT2D eigenvalue weighted by Gasteiger charge is -2.16. The van der Waals surface area contributed by atoms with Gasteiger partial charge in [0, 0.05) is 5.69 Å². The first-order chi connectivity index (χ1) is 8.40. The molecule has 1 aromatic rings. The molecule has 0 aliphatic rings. The van der Waals surface area contributed by atoms with E-state index in [0.717, 1.165) is 5.69 Å². The SMILES string of the molecule is Cc1cccc(C(=O)N[C@H](CC(C)C)C(=O)O)n1. The van der Waals surface area contributed by atoms with Crippen molar-refractivity contribution in [2.75, 3.05) is 0 Å². The molecule has 0 radical (unpaired) electrons. The summed E-state index contributed by atoms with van der Waals surface area (Å²) in [5, 5.41) is 11.5. The summed E-state index contributed by atoms with van der Waals surface area (Å²) >= 11 is 0. The van der Waals surface area contributed by atoms with Crippen LogP contribution in [0.2, 0.25) is 0 Å². The summed E-state index contributed by atoms with van der Waals surface area (Å²) in [5.74, 6) is -1.28. The van der Waals surface area contributed by atoms with Crippen molar-refractivity contribution in [2.45, 2.75) is 33.2 Å². The molecule has 0 saturated heterocycles. The first-order valence-electron chi connectivity index (χ1n) is 5.87. The number of carboxylic acid groups (broad SMARTS) is 1. The van der Waals surface area contributed by atoms with Crippen molar-refractivity contribution in [3.05, 3.63) is 29.6 Å². The smallest absolute Gasteiger partial charge is 0.326 e. The molecule has 0 saturated carbocycles.